The summed E-state index contributed by atoms with van der Waals surface area (Å²) in [6.07, 6.45) is 10.5. The van der Waals surface area contributed by atoms with E-state index in [0.29, 0.717) is 5.54 Å². The summed E-state index contributed by atoms with van der Waals surface area (Å²) in [5.74, 6) is 0.949. The van der Waals surface area contributed by atoms with Gasteiger partial charge >= 0.3 is 0 Å². The van der Waals surface area contributed by atoms with E-state index in [4.69, 9.17) is 4.74 Å². The molecule has 1 aromatic carbocycles. The first-order valence-corrected chi connectivity index (χ1v) is 8.16. The predicted molar refractivity (Wildman–Crippen MR) is 85.4 cm³/mol. The lowest BCUT2D eigenvalue weighted by atomic mass is 9.83. The molecule has 0 aromatic heterocycles. The fourth-order valence-corrected chi connectivity index (χ4v) is 3.41. The molecule has 0 amide bonds. The molecule has 1 atom stereocenters. The van der Waals surface area contributed by atoms with Gasteiger partial charge in [0.25, 0.3) is 0 Å². The molecule has 0 radical (unpaired) electrons. The Kier molecular flexibility index (Phi) is 5.90. The van der Waals surface area contributed by atoms with Gasteiger partial charge < -0.3 is 10.1 Å². The molecule has 0 bridgehead atoms. The van der Waals surface area contributed by atoms with E-state index in [9.17, 15) is 0 Å². The molecule has 1 fully saturated rings. The molecule has 1 aromatic rings. The summed E-state index contributed by atoms with van der Waals surface area (Å²) in [5, 5.41) is 3.86. The summed E-state index contributed by atoms with van der Waals surface area (Å²) in [4.78, 5) is 0. The average molecular weight is 275 g/mol. The third-order valence-electron chi connectivity index (χ3n) is 4.61. The Morgan fingerprint density at radius 3 is 2.60 bits per heavy atom. The molecule has 112 valence electrons. The van der Waals surface area contributed by atoms with Gasteiger partial charge in [0.05, 0.1) is 7.11 Å². The van der Waals surface area contributed by atoms with E-state index in [2.05, 4.69) is 36.5 Å². The van der Waals surface area contributed by atoms with Gasteiger partial charge in [0, 0.05) is 5.54 Å². The van der Waals surface area contributed by atoms with Crippen molar-refractivity contribution in [2.45, 2.75) is 63.8 Å². The van der Waals surface area contributed by atoms with Crippen LogP contribution in [0, 0.1) is 0 Å². The summed E-state index contributed by atoms with van der Waals surface area (Å²) in [6.45, 7) is 3.50. The third kappa shape index (κ3) is 4.24. The standard InChI is InChI=1S/C18H29NO/c1-3-12-18(13-5-4-6-15-19-18)14-11-16-7-9-17(20-2)10-8-16/h7-10,19H,3-6,11-15H2,1-2H3. The summed E-state index contributed by atoms with van der Waals surface area (Å²) < 4.78 is 5.23. The van der Waals surface area contributed by atoms with E-state index in [0.717, 1.165) is 12.2 Å². The van der Waals surface area contributed by atoms with Crippen LogP contribution in [0.3, 0.4) is 0 Å². The van der Waals surface area contributed by atoms with Crippen LogP contribution in [-0.4, -0.2) is 19.2 Å². The number of hydrogen-bond donors (Lipinski definition) is 1. The number of ether oxygens (including phenoxy) is 1. The molecule has 1 saturated heterocycles. The van der Waals surface area contributed by atoms with Crippen molar-refractivity contribution in [2.75, 3.05) is 13.7 Å². The van der Waals surface area contributed by atoms with Crippen LogP contribution in [0.5, 0.6) is 5.75 Å². The topological polar surface area (TPSA) is 21.3 Å². The van der Waals surface area contributed by atoms with Crippen molar-refractivity contribution in [1.82, 2.24) is 5.32 Å². The van der Waals surface area contributed by atoms with E-state index >= 15 is 0 Å². The Hall–Kier alpha value is -1.02. The molecule has 2 heteroatoms. The molecule has 0 aliphatic carbocycles. The Morgan fingerprint density at radius 1 is 1.10 bits per heavy atom. The molecule has 2 nitrogen and oxygen atoms in total. The SMILES string of the molecule is CCCC1(CCc2ccc(OC)cc2)CCCCCN1. The van der Waals surface area contributed by atoms with Crippen LogP contribution >= 0.6 is 0 Å². The lowest BCUT2D eigenvalue weighted by Gasteiger charge is -2.34. The minimum atomic E-state index is 0.380. The molecule has 1 unspecified atom stereocenters. The van der Waals surface area contributed by atoms with Gasteiger partial charge in [0.2, 0.25) is 0 Å². The molecule has 20 heavy (non-hydrogen) atoms. The lowest BCUT2D eigenvalue weighted by molar-refractivity contribution is 0.270. The fourth-order valence-electron chi connectivity index (χ4n) is 3.41. The maximum atomic E-state index is 5.23. The van der Waals surface area contributed by atoms with Crippen LogP contribution in [-0.2, 0) is 6.42 Å². The Morgan fingerprint density at radius 2 is 1.90 bits per heavy atom. The number of rotatable bonds is 6. The first-order chi connectivity index (χ1) is 9.78. The summed E-state index contributed by atoms with van der Waals surface area (Å²) in [6, 6.07) is 8.55. The van der Waals surface area contributed by atoms with Crippen LogP contribution in [0.4, 0.5) is 0 Å². The van der Waals surface area contributed by atoms with Crippen LogP contribution in [0.2, 0.25) is 0 Å². The number of benzene rings is 1. The molecule has 1 aliphatic rings. The molecule has 1 aliphatic heterocycles. The highest BCUT2D eigenvalue weighted by atomic mass is 16.5. The maximum absolute atomic E-state index is 5.23. The molecular formula is C18H29NO. The van der Waals surface area contributed by atoms with E-state index in [-0.39, 0.29) is 0 Å². The zero-order valence-electron chi connectivity index (χ0n) is 13.1. The van der Waals surface area contributed by atoms with Crippen LogP contribution in [0.1, 0.15) is 57.4 Å². The van der Waals surface area contributed by atoms with Crippen molar-refractivity contribution in [3.63, 3.8) is 0 Å². The van der Waals surface area contributed by atoms with Crippen LogP contribution in [0.15, 0.2) is 24.3 Å². The van der Waals surface area contributed by atoms with E-state index < -0.39 is 0 Å². The normalized spacial score (nSPS) is 23.3. The van der Waals surface area contributed by atoms with Gasteiger partial charge in [-0.25, -0.2) is 0 Å². The van der Waals surface area contributed by atoms with E-state index in [1.54, 1.807) is 7.11 Å². The van der Waals surface area contributed by atoms with Crippen molar-refractivity contribution >= 4 is 0 Å². The number of aryl methyl sites for hydroxylation is 1. The van der Waals surface area contributed by atoms with Crippen molar-refractivity contribution in [3.8, 4) is 5.75 Å². The van der Waals surface area contributed by atoms with E-state index in [1.807, 2.05) is 0 Å². The highest BCUT2D eigenvalue weighted by molar-refractivity contribution is 5.27. The second-order valence-electron chi connectivity index (χ2n) is 6.12. The van der Waals surface area contributed by atoms with Crippen molar-refractivity contribution in [3.05, 3.63) is 29.8 Å². The minimum Gasteiger partial charge on any atom is -0.497 e. The Bertz CT molecular complexity index is 377. The van der Waals surface area contributed by atoms with Gasteiger partial charge in [-0.1, -0.05) is 38.3 Å². The quantitative estimate of drug-likeness (QED) is 0.834. The zero-order chi connectivity index (χ0) is 14.3. The zero-order valence-corrected chi connectivity index (χ0v) is 13.1. The second kappa shape index (κ2) is 7.68. The fraction of sp³-hybridized carbons (Fsp3) is 0.667. The number of methoxy groups -OCH3 is 1. The molecule has 2 rings (SSSR count). The smallest absolute Gasteiger partial charge is 0.118 e. The summed E-state index contributed by atoms with van der Waals surface area (Å²) >= 11 is 0. The molecule has 1 N–H and O–H groups in total. The number of nitrogens with one attached hydrogen (secondary N) is 1. The molecule has 0 saturated carbocycles. The summed E-state index contributed by atoms with van der Waals surface area (Å²) in [5.41, 5.74) is 1.80. The van der Waals surface area contributed by atoms with E-state index in [1.165, 1.54) is 57.1 Å². The number of hydrogen-bond acceptors (Lipinski definition) is 2. The van der Waals surface area contributed by atoms with Gasteiger partial charge in [-0.2, -0.15) is 0 Å². The molecule has 0 spiro atoms. The summed E-state index contributed by atoms with van der Waals surface area (Å²) in [7, 11) is 1.72. The maximum Gasteiger partial charge on any atom is 0.118 e. The monoisotopic (exact) mass is 275 g/mol. The minimum absolute atomic E-state index is 0.380. The van der Waals surface area contributed by atoms with Crippen molar-refractivity contribution in [2.24, 2.45) is 0 Å². The average Bonchev–Trinajstić information content (AvgIpc) is 2.72. The van der Waals surface area contributed by atoms with Gasteiger partial charge in [-0.15, -0.1) is 0 Å². The Balaban J connectivity index is 1.96. The largest absolute Gasteiger partial charge is 0.497 e. The second-order valence-corrected chi connectivity index (χ2v) is 6.12. The first-order valence-electron chi connectivity index (χ1n) is 8.16. The molecule has 1 heterocycles. The predicted octanol–water partition coefficient (Wildman–Crippen LogP) is 4.33. The van der Waals surface area contributed by atoms with Crippen molar-refractivity contribution in [1.29, 1.82) is 0 Å². The van der Waals surface area contributed by atoms with Gasteiger partial charge in [0.1, 0.15) is 5.75 Å². The highest BCUT2D eigenvalue weighted by Crippen LogP contribution is 2.29. The van der Waals surface area contributed by atoms with Crippen molar-refractivity contribution < 1.29 is 4.74 Å². The van der Waals surface area contributed by atoms with Gasteiger partial charge in [-0.3, -0.25) is 0 Å². The van der Waals surface area contributed by atoms with Crippen LogP contribution < -0.4 is 10.1 Å². The first kappa shape index (κ1) is 15.4. The van der Waals surface area contributed by atoms with Crippen LogP contribution in [0.25, 0.3) is 0 Å². The van der Waals surface area contributed by atoms with Gasteiger partial charge in [-0.05, 0) is 56.3 Å². The molecular weight excluding hydrogens is 246 g/mol. The highest BCUT2D eigenvalue weighted by Gasteiger charge is 2.28. The van der Waals surface area contributed by atoms with Gasteiger partial charge in [0.15, 0.2) is 0 Å². The Labute approximate surface area is 123 Å². The third-order valence-corrected chi connectivity index (χ3v) is 4.61. The lowest BCUT2D eigenvalue weighted by Crippen LogP contribution is -2.44.